The SMILES string of the molecule is CC1(I)C=c2ccccc2=C(I)C1O. The highest BCUT2D eigenvalue weighted by Gasteiger charge is 2.32. The third kappa shape index (κ3) is 1.74. The molecular formula is C11H10I2O. The van der Waals surface area contributed by atoms with E-state index >= 15 is 0 Å². The van der Waals surface area contributed by atoms with Crippen molar-refractivity contribution in [3.8, 4) is 0 Å². The van der Waals surface area contributed by atoms with Crippen molar-refractivity contribution in [3.63, 3.8) is 0 Å². The van der Waals surface area contributed by atoms with Gasteiger partial charge >= 0.3 is 0 Å². The topological polar surface area (TPSA) is 20.2 Å². The summed E-state index contributed by atoms with van der Waals surface area (Å²) in [5.41, 5.74) is 0. The van der Waals surface area contributed by atoms with Crippen LogP contribution in [0.5, 0.6) is 0 Å². The number of hydrogen-bond donors (Lipinski definition) is 1. The first-order valence-electron chi connectivity index (χ1n) is 4.37. The lowest BCUT2D eigenvalue weighted by Crippen LogP contribution is -2.43. The average Bonchev–Trinajstić information content (AvgIpc) is 2.14. The highest BCUT2D eigenvalue weighted by atomic mass is 127. The molecule has 0 fully saturated rings. The summed E-state index contributed by atoms with van der Waals surface area (Å²) >= 11 is 4.54. The van der Waals surface area contributed by atoms with Crippen molar-refractivity contribution in [2.24, 2.45) is 0 Å². The van der Waals surface area contributed by atoms with Gasteiger partial charge in [0.05, 0.1) is 3.42 Å². The standard InChI is InChI=1S/C11H10I2O/c1-11(13)6-7-4-2-3-5-8(7)9(12)10(11)14/h2-6,10,14H,1H3. The van der Waals surface area contributed by atoms with Crippen molar-refractivity contribution < 1.29 is 5.11 Å². The van der Waals surface area contributed by atoms with Gasteiger partial charge in [-0.2, -0.15) is 0 Å². The fourth-order valence-corrected chi connectivity index (χ4v) is 4.00. The van der Waals surface area contributed by atoms with E-state index in [1.54, 1.807) is 0 Å². The second kappa shape index (κ2) is 3.75. The summed E-state index contributed by atoms with van der Waals surface area (Å²) in [6, 6.07) is 8.19. The lowest BCUT2D eigenvalue weighted by molar-refractivity contribution is 0.224. The number of alkyl halides is 1. The zero-order valence-corrected chi connectivity index (χ0v) is 12.0. The van der Waals surface area contributed by atoms with Crippen LogP contribution in [0.15, 0.2) is 24.3 Å². The summed E-state index contributed by atoms with van der Waals surface area (Å²) < 4.78 is 0.848. The quantitative estimate of drug-likeness (QED) is 0.507. The number of rotatable bonds is 0. The molecule has 1 aromatic carbocycles. The van der Waals surface area contributed by atoms with E-state index < -0.39 is 6.10 Å². The molecular weight excluding hydrogens is 402 g/mol. The average molecular weight is 412 g/mol. The minimum absolute atomic E-state index is 0.192. The molecule has 0 saturated carbocycles. The van der Waals surface area contributed by atoms with Crippen molar-refractivity contribution in [1.82, 2.24) is 0 Å². The van der Waals surface area contributed by atoms with E-state index in [2.05, 4.69) is 63.4 Å². The summed E-state index contributed by atoms with van der Waals surface area (Å²) in [5.74, 6) is 0. The zero-order chi connectivity index (χ0) is 10.3. The molecule has 0 aliphatic heterocycles. The molecule has 0 saturated heterocycles. The second-order valence-electron chi connectivity index (χ2n) is 3.63. The van der Waals surface area contributed by atoms with Crippen LogP contribution in [0.4, 0.5) is 0 Å². The van der Waals surface area contributed by atoms with E-state index in [-0.39, 0.29) is 3.42 Å². The van der Waals surface area contributed by atoms with Gasteiger partial charge in [0.25, 0.3) is 0 Å². The number of aliphatic hydroxyl groups excluding tert-OH is 1. The molecule has 2 atom stereocenters. The highest BCUT2D eigenvalue weighted by Crippen LogP contribution is 2.33. The van der Waals surface area contributed by atoms with Gasteiger partial charge in [-0.25, -0.2) is 0 Å². The van der Waals surface area contributed by atoms with Crippen molar-refractivity contribution in [2.75, 3.05) is 0 Å². The smallest absolute Gasteiger partial charge is 0.103 e. The van der Waals surface area contributed by atoms with E-state index in [0.29, 0.717) is 0 Å². The monoisotopic (exact) mass is 412 g/mol. The number of fused-ring (bicyclic) bond motifs is 1. The molecule has 2 unspecified atom stereocenters. The van der Waals surface area contributed by atoms with Crippen LogP contribution in [-0.2, 0) is 0 Å². The molecule has 1 aliphatic carbocycles. The fourth-order valence-electron chi connectivity index (χ4n) is 1.62. The van der Waals surface area contributed by atoms with Crippen LogP contribution >= 0.6 is 45.2 Å². The maximum absolute atomic E-state index is 10.1. The predicted octanol–water partition coefficient (Wildman–Crippen LogP) is 1.58. The van der Waals surface area contributed by atoms with Gasteiger partial charge in [-0.15, -0.1) is 0 Å². The Morgan fingerprint density at radius 1 is 1.36 bits per heavy atom. The third-order valence-corrected chi connectivity index (χ3v) is 4.50. The molecule has 14 heavy (non-hydrogen) atoms. The normalized spacial score (nSPS) is 30.9. The van der Waals surface area contributed by atoms with Crippen LogP contribution in [-0.4, -0.2) is 14.6 Å². The third-order valence-electron chi connectivity index (χ3n) is 2.43. The van der Waals surface area contributed by atoms with Crippen LogP contribution in [0, 0.1) is 0 Å². The summed E-state index contributed by atoms with van der Waals surface area (Å²) in [7, 11) is 0. The van der Waals surface area contributed by atoms with Gasteiger partial charge in [0.1, 0.15) is 6.10 Å². The van der Waals surface area contributed by atoms with Crippen LogP contribution in [0.2, 0.25) is 0 Å². The summed E-state index contributed by atoms with van der Waals surface area (Å²) in [6.07, 6.45) is 1.74. The van der Waals surface area contributed by atoms with Gasteiger partial charge in [0, 0.05) is 3.58 Å². The van der Waals surface area contributed by atoms with E-state index in [4.69, 9.17) is 0 Å². The van der Waals surface area contributed by atoms with Crippen LogP contribution in [0.3, 0.4) is 0 Å². The molecule has 3 heteroatoms. The summed E-state index contributed by atoms with van der Waals surface area (Å²) in [5, 5.41) is 12.5. The minimum atomic E-state index is -0.390. The molecule has 0 radical (unpaired) electrons. The first-order chi connectivity index (χ1) is 6.52. The van der Waals surface area contributed by atoms with Crippen molar-refractivity contribution in [3.05, 3.63) is 34.7 Å². The molecule has 1 N–H and O–H groups in total. The maximum Gasteiger partial charge on any atom is 0.103 e. The zero-order valence-electron chi connectivity index (χ0n) is 7.67. The Bertz CT molecular complexity index is 476. The molecule has 0 amide bonds. The van der Waals surface area contributed by atoms with Crippen molar-refractivity contribution >= 4 is 54.8 Å². The van der Waals surface area contributed by atoms with E-state index in [1.807, 2.05) is 19.1 Å². The Balaban J connectivity index is 2.84. The minimum Gasteiger partial charge on any atom is -0.386 e. The predicted molar refractivity (Wildman–Crippen MR) is 76.0 cm³/mol. The van der Waals surface area contributed by atoms with Gasteiger partial charge in [-0.05, 0) is 40.0 Å². The molecule has 1 aliphatic rings. The Morgan fingerprint density at radius 2 is 2.00 bits per heavy atom. The van der Waals surface area contributed by atoms with E-state index in [0.717, 1.165) is 8.80 Å². The Labute approximate surface area is 110 Å². The Hall–Kier alpha value is 0.380. The van der Waals surface area contributed by atoms with Crippen LogP contribution in [0.25, 0.3) is 9.66 Å². The summed E-state index contributed by atoms with van der Waals surface area (Å²) in [4.78, 5) is 0. The largest absolute Gasteiger partial charge is 0.386 e. The van der Waals surface area contributed by atoms with Gasteiger partial charge in [0.15, 0.2) is 0 Å². The lowest BCUT2D eigenvalue weighted by Gasteiger charge is -2.28. The van der Waals surface area contributed by atoms with Crippen LogP contribution in [0.1, 0.15) is 6.92 Å². The fraction of sp³-hybridized carbons (Fsp3) is 0.273. The molecule has 1 aromatic rings. The van der Waals surface area contributed by atoms with Gasteiger partial charge in [-0.3, -0.25) is 0 Å². The molecule has 74 valence electrons. The molecule has 0 bridgehead atoms. The molecule has 0 spiro atoms. The van der Waals surface area contributed by atoms with Crippen molar-refractivity contribution in [1.29, 1.82) is 0 Å². The van der Waals surface area contributed by atoms with E-state index in [1.165, 1.54) is 5.22 Å². The first-order valence-corrected chi connectivity index (χ1v) is 6.53. The Morgan fingerprint density at radius 3 is 2.71 bits per heavy atom. The number of hydrogen-bond acceptors (Lipinski definition) is 1. The van der Waals surface area contributed by atoms with Gasteiger partial charge < -0.3 is 5.11 Å². The Kier molecular flexibility index (Phi) is 2.92. The number of aliphatic hydroxyl groups is 1. The molecule has 0 heterocycles. The van der Waals surface area contributed by atoms with E-state index in [9.17, 15) is 5.11 Å². The maximum atomic E-state index is 10.1. The second-order valence-corrected chi connectivity index (χ2v) is 7.12. The lowest BCUT2D eigenvalue weighted by atomic mass is 9.96. The van der Waals surface area contributed by atoms with Gasteiger partial charge in [0.2, 0.25) is 0 Å². The van der Waals surface area contributed by atoms with Gasteiger partial charge in [-0.1, -0.05) is 52.9 Å². The van der Waals surface area contributed by atoms with Crippen LogP contribution < -0.4 is 10.4 Å². The molecule has 0 aromatic heterocycles. The number of benzene rings is 1. The molecule has 1 nitrogen and oxygen atoms in total. The highest BCUT2D eigenvalue weighted by molar-refractivity contribution is 14.1. The van der Waals surface area contributed by atoms with Crippen molar-refractivity contribution in [2.45, 2.75) is 16.4 Å². The first kappa shape index (κ1) is 10.9. The molecule has 2 rings (SSSR count). The summed E-state index contributed by atoms with van der Waals surface area (Å²) in [6.45, 7) is 2.05. The number of halogens is 2.